The van der Waals surface area contributed by atoms with Crippen LogP contribution in [0.5, 0.6) is 0 Å². The van der Waals surface area contributed by atoms with Gasteiger partial charge >= 0.3 is 54.0 Å². The summed E-state index contributed by atoms with van der Waals surface area (Å²) in [6.07, 6.45) is -22.7. The first-order valence-electron chi connectivity index (χ1n) is 5.97. The first-order valence-corrected chi connectivity index (χ1v) is 5.97. The summed E-state index contributed by atoms with van der Waals surface area (Å²) in [7, 11) is 0. The van der Waals surface area contributed by atoms with E-state index in [1.165, 1.54) is 0 Å². The maximum atomic E-state index is 13.7. The molecule has 0 aromatic carbocycles. The van der Waals surface area contributed by atoms with Gasteiger partial charge in [-0.1, -0.05) is 0 Å². The van der Waals surface area contributed by atoms with Crippen molar-refractivity contribution in [1.29, 1.82) is 0 Å². The molecule has 0 bridgehead atoms. The van der Waals surface area contributed by atoms with E-state index >= 15 is 0 Å². The zero-order chi connectivity index (χ0) is 23.9. The molecule has 0 aromatic rings. The average molecular weight is 482 g/mol. The van der Waals surface area contributed by atoms with Crippen molar-refractivity contribution in [1.82, 2.24) is 0 Å². The molecule has 1 fully saturated rings. The molecule has 2 atom stereocenters. The van der Waals surface area contributed by atoms with Gasteiger partial charge in [-0.25, -0.2) is 4.74 Å². The number of ether oxygens (including phenoxy) is 2. The highest BCUT2D eigenvalue weighted by Gasteiger charge is 2.96. The number of alkyl halides is 18. The van der Waals surface area contributed by atoms with E-state index in [0.717, 1.165) is 0 Å². The summed E-state index contributed by atoms with van der Waals surface area (Å²) >= 11 is 0. The summed E-state index contributed by atoms with van der Waals surface area (Å²) in [5.41, 5.74) is 0. The molecule has 2 nitrogen and oxygen atoms in total. The lowest BCUT2D eigenvalue weighted by atomic mass is 10.0. The Labute approximate surface area is 144 Å². The van der Waals surface area contributed by atoms with Crippen LogP contribution >= 0.6 is 0 Å². The monoisotopic (exact) mass is 482 g/mol. The van der Waals surface area contributed by atoms with Crippen LogP contribution < -0.4 is 0 Å². The fraction of sp³-hybridized carbons (Fsp3) is 1.00. The highest BCUT2D eigenvalue weighted by Crippen LogP contribution is 2.66. The second kappa shape index (κ2) is 5.88. The van der Waals surface area contributed by atoms with Crippen LogP contribution in [0.2, 0.25) is 0 Å². The smallest absolute Gasteiger partial charge is 0.268 e. The third-order valence-electron chi connectivity index (χ3n) is 3.19. The lowest BCUT2D eigenvalue weighted by molar-refractivity contribution is -0.477. The third-order valence-corrected chi connectivity index (χ3v) is 3.19. The van der Waals surface area contributed by atoms with E-state index < -0.39 is 54.0 Å². The maximum Gasteiger partial charge on any atom is 0.460 e. The fourth-order valence-electron chi connectivity index (χ4n) is 1.61. The average Bonchev–Trinajstić information content (AvgIpc) is 2.63. The van der Waals surface area contributed by atoms with E-state index in [2.05, 4.69) is 0 Å². The van der Waals surface area contributed by atoms with E-state index in [-0.39, 0.29) is 0 Å². The van der Waals surface area contributed by atoms with Crippen LogP contribution in [-0.2, 0) is 9.47 Å². The topological polar surface area (TPSA) is 18.5 Å². The first kappa shape index (κ1) is 25.7. The minimum absolute atomic E-state index is 1.68. The van der Waals surface area contributed by atoms with E-state index in [1.807, 2.05) is 0 Å². The predicted molar refractivity (Wildman–Crippen MR) is 46.7 cm³/mol. The Morgan fingerprint density at radius 3 is 1.07 bits per heavy atom. The Bertz CT molecular complexity index is 647. The zero-order valence-corrected chi connectivity index (χ0v) is 12.1. The second-order valence-corrected chi connectivity index (χ2v) is 5.15. The minimum Gasteiger partial charge on any atom is -0.268 e. The van der Waals surface area contributed by atoms with Crippen molar-refractivity contribution in [2.45, 2.75) is 54.0 Å². The summed E-state index contributed by atoms with van der Waals surface area (Å²) in [4.78, 5) is 0. The zero-order valence-electron chi connectivity index (χ0n) is 12.1. The van der Waals surface area contributed by atoms with Gasteiger partial charge in [0.2, 0.25) is 0 Å². The molecule has 1 rings (SSSR count). The van der Waals surface area contributed by atoms with Crippen LogP contribution in [0.15, 0.2) is 0 Å². The molecule has 2 unspecified atom stereocenters. The lowest BCUT2D eigenvalue weighted by Gasteiger charge is -2.37. The van der Waals surface area contributed by atoms with Crippen molar-refractivity contribution in [2.24, 2.45) is 0 Å². The van der Waals surface area contributed by atoms with Crippen LogP contribution in [0.1, 0.15) is 0 Å². The summed E-state index contributed by atoms with van der Waals surface area (Å²) in [6.45, 7) is 0. The summed E-state index contributed by atoms with van der Waals surface area (Å²) in [5.74, 6) is -39.6. The lowest BCUT2D eigenvalue weighted by Crippen LogP contribution is -2.68. The number of hydrogen-bond acceptors (Lipinski definition) is 2. The molecule has 0 amide bonds. The Kier molecular flexibility index (Phi) is 5.21. The van der Waals surface area contributed by atoms with Gasteiger partial charge in [0.25, 0.3) is 0 Å². The molecule has 0 radical (unpaired) electrons. The van der Waals surface area contributed by atoms with Crippen molar-refractivity contribution in [3.05, 3.63) is 0 Å². The van der Waals surface area contributed by atoms with E-state index in [9.17, 15) is 79.0 Å². The largest absolute Gasteiger partial charge is 0.460 e. The predicted octanol–water partition coefficient (Wildman–Crippen LogP) is 5.58. The standard InChI is InChI=1S/C9F18O2/c10-1(11,2(12,13)6(19,20)21)5(18)8(25,26)29-9(27,28-5)4(16,17)3(14,15)7(22,23)24. The molecule has 20 heteroatoms. The van der Waals surface area contributed by atoms with Crippen LogP contribution in [0, 0.1) is 0 Å². The van der Waals surface area contributed by atoms with E-state index in [1.54, 1.807) is 9.47 Å². The highest BCUT2D eigenvalue weighted by atomic mass is 19.4. The number of rotatable bonds is 4. The molecular formula is C9F18O2. The third kappa shape index (κ3) is 2.99. The molecule has 174 valence electrons. The van der Waals surface area contributed by atoms with Crippen LogP contribution in [-0.4, -0.2) is 54.0 Å². The second-order valence-electron chi connectivity index (χ2n) is 5.15. The van der Waals surface area contributed by atoms with E-state index in [0.29, 0.717) is 0 Å². The normalized spacial score (nSPS) is 30.0. The summed E-state index contributed by atoms with van der Waals surface area (Å²) in [5, 5.41) is 0. The van der Waals surface area contributed by atoms with Gasteiger partial charge in [0.15, 0.2) is 0 Å². The molecule has 1 heterocycles. The van der Waals surface area contributed by atoms with E-state index in [4.69, 9.17) is 0 Å². The molecule has 0 aromatic heterocycles. The minimum atomic E-state index is -8.11. The summed E-state index contributed by atoms with van der Waals surface area (Å²) in [6, 6.07) is -7.31. The molecule has 29 heavy (non-hydrogen) atoms. The Balaban J connectivity index is 3.66. The van der Waals surface area contributed by atoms with Gasteiger partial charge in [-0.3, -0.25) is 4.74 Å². The molecule has 0 saturated carbocycles. The molecule has 0 spiro atoms. The Morgan fingerprint density at radius 2 is 0.759 bits per heavy atom. The first-order chi connectivity index (χ1) is 12.2. The molecule has 0 aliphatic carbocycles. The van der Waals surface area contributed by atoms with Gasteiger partial charge in [0.1, 0.15) is 0 Å². The van der Waals surface area contributed by atoms with Crippen molar-refractivity contribution in [3.8, 4) is 0 Å². The van der Waals surface area contributed by atoms with Gasteiger partial charge in [0, 0.05) is 0 Å². The van der Waals surface area contributed by atoms with Crippen LogP contribution in [0.3, 0.4) is 0 Å². The molecule has 1 aliphatic rings. The van der Waals surface area contributed by atoms with Crippen molar-refractivity contribution in [3.63, 3.8) is 0 Å². The van der Waals surface area contributed by atoms with Gasteiger partial charge in [-0.05, 0) is 0 Å². The highest BCUT2D eigenvalue weighted by molar-refractivity contribution is 5.10. The molecule has 0 N–H and O–H groups in total. The Morgan fingerprint density at radius 1 is 0.448 bits per heavy atom. The van der Waals surface area contributed by atoms with Crippen molar-refractivity contribution < 1.29 is 88.5 Å². The van der Waals surface area contributed by atoms with Gasteiger partial charge in [-0.15, -0.1) is 0 Å². The SMILES string of the molecule is FC(F)(F)C(F)(F)C(F)(F)C1(F)OC(F)(F)C(F)(C(F)(F)C(F)(F)C(F)(F)F)O1. The van der Waals surface area contributed by atoms with Gasteiger partial charge in [0.05, 0.1) is 0 Å². The van der Waals surface area contributed by atoms with Crippen molar-refractivity contribution >= 4 is 0 Å². The molecule has 1 saturated heterocycles. The fourth-order valence-corrected chi connectivity index (χ4v) is 1.61. The number of halogens is 18. The quantitative estimate of drug-likeness (QED) is 0.488. The maximum absolute atomic E-state index is 13.7. The Hall–Kier alpha value is -1.34. The molecular weight excluding hydrogens is 482 g/mol. The van der Waals surface area contributed by atoms with Gasteiger partial charge < -0.3 is 0 Å². The van der Waals surface area contributed by atoms with Gasteiger partial charge in [-0.2, -0.15) is 79.0 Å². The summed E-state index contributed by atoms with van der Waals surface area (Å²) < 4.78 is 232. The molecule has 1 aliphatic heterocycles. The van der Waals surface area contributed by atoms with Crippen LogP contribution in [0.25, 0.3) is 0 Å². The van der Waals surface area contributed by atoms with Crippen LogP contribution in [0.4, 0.5) is 79.0 Å². The number of hydrogen-bond donors (Lipinski definition) is 0. The van der Waals surface area contributed by atoms with Crippen molar-refractivity contribution in [2.75, 3.05) is 0 Å².